The first kappa shape index (κ1) is 15.8. The molecule has 0 atom stereocenters. The minimum Gasteiger partial charge on any atom is -0.266 e. The number of anilines is 1. The summed E-state index contributed by atoms with van der Waals surface area (Å²) in [5.41, 5.74) is -0.203. The molecule has 0 aliphatic heterocycles. The Morgan fingerprint density at radius 1 is 1.05 bits per heavy atom. The summed E-state index contributed by atoms with van der Waals surface area (Å²) >= 11 is 1.49. The van der Waals surface area contributed by atoms with Gasteiger partial charge in [0.15, 0.2) is 0 Å². The van der Waals surface area contributed by atoms with Gasteiger partial charge >= 0.3 is 0 Å². The standard InChI is InChI=1S/C14H13F2NO2S2/c1-17(14-8-3-10(15)9-13(14)16)21(18,19)12-6-4-11(20-2)5-7-12/h3-9H,1-2H3. The fourth-order valence-electron chi connectivity index (χ4n) is 1.77. The van der Waals surface area contributed by atoms with E-state index in [9.17, 15) is 17.2 Å². The molecule has 0 unspecified atom stereocenters. The summed E-state index contributed by atoms with van der Waals surface area (Å²) in [6, 6.07) is 9.02. The minimum atomic E-state index is -3.89. The Bertz CT molecular complexity index is 746. The predicted octanol–water partition coefficient (Wildman–Crippen LogP) is 3.51. The quantitative estimate of drug-likeness (QED) is 0.806. The van der Waals surface area contributed by atoms with Crippen LogP contribution in [0.4, 0.5) is 14.5 Å². The molecule has 0 fully saturated rings. The maximum absolute atomic E-state index is 13.7. The Labute approximate surface area is 126 Å². The second-order valence-electron chi connectivity index (χ2n) is 4.24. The van der Waals surface area contributed by atoms with Crippen molar-refractivity contribution in [1.82, 2.24) is 0 Å². The molecule has 0 radical (unpaired) electrons. The molecule has 2 aromatic carbocycles. The largest absolute Gasteiger partial charge is 0.266 e. The van der Waals surface area contributed by atoms with Gasteiger partial charge in [0.25, 0.3) is 10.0 Å². The van der Waals surface area contributed by atoms with Crippen LogP contribution >= 0.6 is 11.8 Å². The van der Waals surface area contributed by atoms with E-state index in [-0.39, 0.29) is 10.6 Å². The third kappa shape index (κ3) is 3.19. The number of nitrogens with zero attached hydrogens (tertiary/aromatic N) is 1. The SMILES string of the molecule is CSc1ccc(S(=O)(=O)N(C)c2ccc(F)cc2F)cc1. The van der Waals surface area contributed by atoms with Crippen LogP contribution < -0.4 is 4.31 Å². The molecule has 0 aromatic heterocycles. The highest BCUT2D eigenvalue weighted by atomic mass is 32.2. The molecule has 112 valence electrons. The van der Waals surface area contributed by atoms with Crippen LogP contribution in [0.25, 0.3) is 0 Å². The van der Waals surface area contributed by atoms with E-state index in [1.54, 1.807) is 12.1 Å². The van der Waals surface area contributed by atoms with Crippen molar-refractivity contribution in [1.29, 1.82) is 0 Å². The normalized spacial score (nSPS) is 11.4. The molecular weight excluding hydrogens is 316 g/mol. The monoisotopic (exact) mass is 329 g/mol. The lowest BCUT2D eigenvalue weighted by Gasteiger charge is -2.20. The number of thioether (sulfide) groups is 1. The van der Waals surface area contributed by atoms with Gasteiger partial charge in [0, 0.05) is 18.0 Å². The average Bonchev–Trinajstić information content (AvgIpc) is 2.46. The molecule has 0 aliphatic carbocycles. The van der Waals surface area contributed by atoms with Crippen molar-refractivity contribution in [3.05, 3.63) is 54.1 Å². The van der Waals surface area contributed by atoms with Gasteiger partial charge in [-0.3, -0.25) is 4.31 Å². The number of rotatable bonds is 4. The van der Waals surface area contributed by atoms with Crippen molar-refractivity contribution < 1.29 is 17.2 Å². The van der Waals surface area contributed by atoms with Gasteiger partial charge in [-0.1, -0.05) is 0 Å². The van der Waals surface area contributed by atoms with Gasteiger partial charge in [-0.05, 0) is 42.7 Å². The third-order valence-corrected chi connectivity index (χ3v) is 5.50. The first-order valence-electron chi connectivity index (χ1n) is 5.94. The zero-order chi connectivity index (χ0) is 15.6. The minimum absolute atomic E-state index is 0.0477. The van der Waals surface area contributed by atoms with Crippen molar-refractivity contribution in [2.45, 2.75) is 9.79 Å². The molecule has 3 nitrogen and oxygen atoms in total. The number of halogens is 2. The highest BCUT2D eigenvalue weighted by Crippen LogP contribution is 2.26. The topological polar surface area (TPSA) is 37.4 Å². The molecule has 0 N–H and O–H groups in total. The van der Waals surface area contributed by atoms with Gasteiger partial charge in [0.2, 0.25) is 0 Å². The van der Waals surface area contributed by atoms with Crippen LogP contribution in [-0.4, -0.2) is 21.7 Å². The van der Waals surface area contributed by atoms with Crippen molar-refractivity contribution in [3.8, 4) is 0 Å². The zero-order valence-electron chi connectivity index (χ0n) is 11.4. The van der Waals surface area contributed by atoms with Crippen LogP contribution in [0.15, 0.2) is 52.3 Å². The summed E-state index contributed by atoms with van der Waals surface area (Å²) in [5, 5.41) is 0. The van der Waals surface area contributed by atoms with E-state index in [1.807, 2.05) is 6.26 Å². The molecule has 0 heterocycles. The van der Waals surface area contributed by atoms with Crippen LogP contribution in [0.3, 0.4) is 0 Å². The van der Waals surface area contributed by atoms with E-state index in [0.717, 1.165) is 21.3 Å². The molecule has 0 bridgehead atoms. The lowest BCUT2D eigenvalue weighted by Crippen LogP contribution is -2.27. The van der Waals surface area contributed by atoms with E-state index >= 15 is 0 Å². The number of hydrogen-bond donors (Lipinski definition) is 0. The Balaban J connectivity index is 2.42. The number of hydrogen-bond acceptors (Lipinski definition) is 3. The van der Waals surface area contributed by atoms with Crippen LogP contribution in [-0.2, 0) is 10.0 Å². The first-order valence-corrected chi connectivity index (χ1v) is 8.61. The molecule has 0 saturated carbocycles. The predicted molar refractivity (Wildman–Crippen MR) is 80.2 cm³/mol. The average molecular weight is 329 g/mol. The van der Waals surface area contributed by atoms with Gasteiger partial charge in [-0.25, -0.2) is 17.2 Å². The van der Waals surface area contributed by atoms with Crippen LogP contribution in [0.2, 0.25) is 0 Å². The fourth-order valence-corrected chi connectivity index (χ4v) is 3.38. The Kier molecular flexibility index (Phi) is 4.53. The smallest absolute Gasteiger partial charge is 0.264 e. The van der Waals surface area contributed by atoms with Crippen molar-refractivity contribution >= 4 is 27.5 Å². The molecule has 0 aliphatic rings. The maximum atomic E-state index is 13.7. The maximum Gasteiger partial charge on any atom is 0.264 e. The van der Waals surface area contributed by atoms with Crippen molar-refractivity contribution in [2.24, 2.45) is 0 Å². The van der Waals surface area contributed by atoms with E-state index in [2.05, 4.69) is 0 Å². The number of sulfonamides is 1. The second kappa shape index (κ2) is 6.03. The summed E-state index contributed by atoms with van der Waals surface area (Å²) in [7, 11) is -2.66. The van der Waals surface area contributed by atoms with Gasteiger partial charge in [0.1, 0.15) is 11.6 Å². The lowest BCUT2D eigenvalue weighted by atomic mass is 10.3. The van der Waals surface area contributed by atoms with Crippen LogP contribution in [0.1, 0.15) is 0 Å². The van der Waals surface area contributed by atoms with E-state index in [0.29, 0.717) is 6.07 Å². The summed E-state index contributed by atoms with van der Waals surface area (Å²) in [6.07, 6.45) is 1.88. The fraction of sp³-hybridized carbons (Fsp3) is 0.143. The summed E-state index contributed by atoms with van der Waals surface area (Å²) in [6.45, 7) is 0. The summed E-state index contributed by atoms with van der Waals surface area (Å²) in [4.78, 5) is 0.969. The highest BCUT2D eigenvalue weighted by Gasteiger charge is 2.23. The molecule has 0 spiro atoms. The number of benzene rings is 2. The third-order valence-electron chi connectivity index (χ3n) is 2.97. The molecule has 2 aromatic rings. The molecular formula is C14H13F2NO2S2. The van der Waals surface area contributed by atoms with Crippen LogP contribution in [0.5, 0.6) is 0 Å². The van der Waals surface area contributed by atoms with Gasteiger partial charge in [-0.2, -0.15) is 0 Å². The lowest BCUT2D eigenvalue weighted by molar-refractivity contribution is 0.577. The van der Waals surface area contributed by atoms with Gasteiger partial charge in [-0.15, -0.1) is 11.8 Å². The van der Waals surface area contributed by atoms with E-state index in [1.165, 1.54) is 30.9 Å². The summed E-state index contributed by atoms with van der Waals surface area (Å²) in [5.74, 6) is -1.69. The van der Waals surface area contributed by atoms with Crippen molar-refractivity contribution in [2.75, 3.05) is 17.6 Å². The first-order chi connectivity index (χ1) is 9.86. The molecule has 7 heteroatoms. The van der Waals surface area contributed by atoms with E-state index in [4.69, 9.17) is 0 Å². The van der Waals surface area contributed by atoms with E-state index < -0.39 is 21.7 Å². The second-order valence-corrected chi connectivity index (χ2v) is 7.09. The van der Waals surface area contributed by atoms with Gasteiger partial charge in [0.05, 0.1) is 10.6 Å². The Hall–Kier alpha value is -1.60. The molecule has 2 rings (SSSR count). The van der Waals surface area contributed by atoms with Gasteiger partial charge < -0.3 is 0 Å². The summed E-state index contributed by atoms with van der Waals surface area (Å²) < 4.78 is 52.3. The Morgan fingerprint density at radius 2 is 1.67 bits per heavy atom. The van der Waals surface area contributed by atoms with Crippen LogP contribution in [0, 0.1) is 11.6 Å². The zero-order valence-corrected chi connectivity index (χ0v) is 13.0. The van der Waals surface area contributed by atoms with Crippen molar-refractivity contribution in [3.63, 3.8) is 0 Å². The molecule has 21 heavy (non-hydrogen) atoms. The molecule has 0 amide bonds. The highest BCUT2D eigenvalue weighted by molar-refractivity contribution is 7.98. The Morgan fingerprint density at radius 3 is 2.19 bits per heavy atom. The molecule has 0 saturated heterocycles.